The number of benzene rings is 2. The summed E-state index contributed by atoms with van der Waals surface area (Å²) in [5.74, 6) is 1.81. The Balaban J connectivity index is 1.48. The van der Waals surface area contributed by atoms with Crippen molar-refractivity contribution in [3.8, 4) is 17.2 Å². The van der Waals surface area contributed by atoms with Crippen molar-refractivity contribution in [2.45, 2.75) is 32.0 Å². The predicted octanol–water partition coefficient (Wildman–Crippen LogP) is 5.15. The highest BCUT2D eigenvalue weighted by atomic mass is 32.1. The number of hydrogen-bond acceptors (Lipinski definition) is 5. The number of thiophene rings is 1. The van der Waals surface area contributed by atoms with Crippen LogP contribution in [0, 0.1) is 0 Å². The molecule has 0 spiro atoms. The molecule has 1 fully saturated rings. The fourth-order valence-electron chi connectivity index (χ4n) is 3.39. The largest absolute Gasteiger partial charge is 0.496 e. The van der Waals surface area contributed by atoms with Gasteiger partial charge >= 0.3 is 0 Å². The summed E-state index contributed by atoms with van der Waals surface area (Å²) in [4.78, 5) is 15.4. The lowest BCUT2D eigenvalue weighted by molar-refractivity contribution is 0.0723. The fraction of sp³-hybridized carbons (Fsp3) is 0.292. The van der Waals surface area contributed by atoms with Gasteiger partial charge in [-0.25, -0.2) is 0 Å². The third-order valence-electron chi connectivity index (χ3n) is 5.15. The molecular weight excluding hydrogens is 398 g/mol. The van der Waals surface area contributed by atoms with Gasteiger partial charge < -0.3 is 19.1 Å². The molecule has 1 heterocycles. The molecule has 156 valence electrons. The summed E-state index contributed by atoms with van der Waals surface area (Å²) < 4.78 is 16.7. The van der Waals surface area contributed by atoms with Gasteiger partial charge in [-0.1, -0.05) is 18.2 Å². The first-order chi connectivity index (χ1) is 14.7. The molecular formula is C24H25NO4S. The summed E-state index contributed by atoms with van der Waals surface area (Å²) in [5.41, 5.74) is 2.71. The van der Waals surface area contributed by atoms with Gasteiger partial charge in [-0.15, -0.1) is 0 Å². The number of amides is 1. The second-order valence-corrected chi connectivity index (χ2v) is 8.05. The molecule has 0 atom stereocenters. The van der Waals surface area contributed by atoms with Crippen LogP contribution in [0.25, 0.3) is 0 Å². The number of methoxy groups -OCH3 is 2. The topological polar surface area (TPSA) is 48.0 Å². The highest BCUT2D eigenvalue weighted by Gasteiger charge is 2.35. The van der Waals surface area contributed by atoms with E-state index < -0.39 is 0 Å². The average molecular weight is 424 g/mol. The van der Waals surface area contributed by atoms with Gasteiger partial charge in [-0.3, -0.25) is 4.79 Å². The third-order valence-corrected chi connectivity index (χ3v) is 5.88. The van der Waals surface area contributed by atoms with Crippen LogP contribution < -0.4 is 14.2 Å². The molecule has 0 N–H and O–H groups in total. The van der Waals surface area contributed by atoms with Gasteiger partial charge in [0.05, 0.1) is 14.2 Å². The van der Waals surface area contributed by atoms with Crippen LogP contribution in [0.1, 0.15) is 34.3 Å². The van der Waals surface area contributed by atoms with Crippen LogP contribution in [0.2, 0.25) is 0 Å². The Morgan fingerprint density at radius 1 is 1.00 bits per heavy atom. The number of ether oxygens (including phenoxy) is 3. The van der Waals surface area contributed by atoms with E-state index in [2.05, 4.69) is 11.4 Å². The highest BCUT2D eigenvalue weighted by Crippen LogP contribution is 2.35. The molecule has 0 unspecified atom stereocenters. The minimum atomic E-state index is -0.0652. The predicted molar refractivity (Wildman–Crippen MR) is 118 cm³/mol. The van der Waals surface area contributed by atoms with Gasteiger partial charge in [0.1, 0.15) is 29.4 Å². The van der Waals surface area contributed by atoms with Crippen LogP contribution in [0.5, 0.6) is 17.2 Å². The average Bonchev–Trinajstić information content (AvgIpc) is 3.50. The van der Waals surface area contributed by atoms with Gasteiger partial charge in [-0.05, 0) is 65.1 Å². The van der Waals surface area contributed by atoms with Crippen molar-refractivity contribution in [2.24, 2.45) is 0 Å². The van der Waals surface area contributed by atoms with E-state index in [1.165, 1.54) is 5.56 Å². The van der Waals surface area contributed by atoms with Crippen LogP contribution in [0.4, 0.5) is 0 Å². The minimum Gasteiger partial charge on any atom is -0.496 e. The standard InChI is InChI=1S/C24H25NO4S/c1-27-21-4-3-5-22(28-2)23(21)24(26)25(19-8-9-19)14-17-6-10-20(11-7-17)29-15-18-12-13-30-16-18/h3-7,10-13,16,19H,8-9,14-15H2,1-2H3. The van der Waals surface area contributed by atoms with Crippen LogP contribution in [-0.2, 0) is 13.2 Å². The van der Waals surface area contributed by atoms with Crippen molar-refractivity contribution >= 4 is 17.2 Å². The second-order valence-electron chi connectivity index (χ2n) is 7.27. The Bertz CT molecular complexity index is 959. The molecule has 4 rings (SSSR count). The Hall–Kier alpha value is -2.99. The van der Waals surface area contributed by atoms with Gasteiger partial charge in [0.2, 0.25) is 0 Å². The first-order valence-corrected chi connectivity index (χ1v) is 10.9. The van der Waals surface area contributed by atoms with E-state index in [0.717, 1.165) is 24.2 Å². The lowest BCUT2D eigenvalue weighted by Gasteiger charge is -2.24. The first kappa shape index (κ1) is 20.3. The summed E-state index contributed by atoms with van der Waals surface area (Å²) in [6.45, 7) is 1.10. The molecule has 1 aliphatic rings. The fourth-order valence-corrected chi connectivity index (χ4v) is 4.04. The lowest BCUT2D eigenvalue weighted by atomic mass is 10.1. The minimum absolute atomic E-state index is 0.0652. The zero-order valence-corrected chi connectivity index (χ0v) is 18.0. The van der Waals surface area contributed by atoms with Crippen molar-refractivity contribution < 1.29 is 19.0 Å². The smallest absolute Gasteiger partial charge is 0.261 e. The molecule has 1 saturated carbocycles. The maximum atomic E-state index is 13.4. The molecule has 2 aromatic carbocycles. The number of nitrogens with zero attached hydrogens (tertiary/aromatic N) is 1. The molecule has 0 bridgehead atoms. The Kier molecular flexibility index (Phi) is 6.23. The van der Waals surface area contributed by atoms with E-state index in [-0.39, 0.29) is 11.9 Å². The molecule has 3 aromatic rings. The van der Waals surface area contributed by atoms with E-state index in [1.54, 1.807) is 37.7 Å². The number of carbonyl (C=O) groups excluding carboxylic acids is 1. The van der Waals surface area contributed by atoms with Crippen molar-refractivity contribution in [3.05, 3.63) is 76.0 Å². The SMILES string of the molecule is COc1cccc(OC)c1C(=O)N(Cc1ccc(OCc2ccsc2)cc1)C1CC1. The van der Waals surface area contributed by atoms with Crippen LogP contribution in [-0.4, -0.2) is 31.1 Å². The molecule has 0 radical (unpaired) electrons. The quantitative estimate of drug-likeness (QED) is 0.478. The molecule has 1 amide bonds. The molecule has 1 aromatic heterocycles. The third kappa shape index (κ3) is 4.60. The number of hydrogen-bond donors (Lipinski definition) is 0. The molecule has 5 nitrogen and oxygen atoms in total. The Morgan fingerprint density at radius 2 is 1.70 bits per heavy atom. The summed E-state index contributed by atoms with van der Waals surface area (Å²) in [6, 6.07) is 15.7. The Labute approximate surface area is 180 Å². The van der Waals surface area contributed by atoms with Crippen LogP contribution in [0.15, 0.2) is 59.3 Å². The van der Waals surface area contributed by atoms with Crippen LogP contribution in [0.3, 0.4) is 0 Å². The maximum absolute atomic E-state index is 13.4. The van der Waals surface area contributed by atoms with E-state index in [4.69, 9.17) is 14.2 Å². The van der Waals surface area contributed by atoms with Crippen molar-refractivity contribution in [2.75, 3.05) is 14.2 Å². The summed E-state index contributed by atoms with van der Waals surface area (Å²) in [6.07, 6.45) is 2.04. The lowest BCUT2D eigenvalue weighted by Crippen LogP contribution is -2.33. The number of carbonyl (C=O) groups is 1. The zero-order chi connectivity index (χ0) is 20.9. The summed E-state index contributed by atoms with van der Waals surface area (Å²) in [7, 11) is 3.14. The molecule has 30 heavy (non-hydrogen) atoms. The monoisotopic (exact) mass is 423 g/mol. The molecule has 0 saturated heterocycles. The normalized spacial score (nSPS) is 13.0. The van der Waals surface area contributed by atoms with Gasteiger partial charge in [0, 0.05) is 12.6 Å². The Morgan fingerprint density at radius 3 is 2.27 bits per heavy atom. The summed E-state index contributed by atoms with van der Waals surface area (Å²) in [5, 5.41) is 4.13. The van der Waals surface area contributed by atoms with Gasteiger partial charge in [0.25, 0.3) is 5.91 Å². The maximum Gasteiger partial charge on any atom is 0.261 e. The van der Waals surface area contributed by atoms with E-state index >= 15 is 0 Å². The first-order valence-electron chi connectivity index (χ1n) is 9.94. The molecule has 6 heteroatoms. The number of rotatable bonds is 9. The van der Waals surface area contributed by atoms with E-state index in [1.807, 2.05) is 40.6 Å². The van der Waals surface area contributed by atoms with Crippen LogP contribution >= 0.6 is 11.3 Å². The van der Waals surface area contributed by atoms with Crippen molar-refractivity contribution in [1.29, 1.82) is 0 Å². The zero-order valence-electron chi connectivity index (χ0n) is 17.2. The second kappa shape index (κ2) is 9.22. The highest BCUT2D eigenvalue weighted by molar-refractivity contribution is 7.07. The van der Waals surface area contributed by atoms with E-state index in [9.17, 15) is 4.79 Å². The van der Waals surface area contributed by atoms with Crippen molar-refractivity contribution in [3.63, 3.8) is 0 Å². The summed E-state index contributed by atoms with van der Waals surface area (Å²) >= 11 is 1.66. The molecule has 1 aliphatic carbocycles. The van der Waals surface area contributed by atoms with E-state index in [0.29, 0.717) is 30.2 Å². The molecule has 0 aliphatic heterocycles. The van der Waals surface area contributed by atoms with Crippen molar-refractivity contribution in [1.82, 2.24) is 4.90 Å². The van der Waals surface area contributed by atoms with Gasteiger partial charge in [-0.2, -0.15) is 11.3 Å². The van der Waals surface area contributed by atoms with Gasteiger partial charge in [0.15, 0.2) is 0 Å².